The Labute approximate surface area is 397 Å². The lowest BCUT2D eigenvalue weighted by Crippen LogP contribution is -2.40. The molecule has 2 saturated heterocycles. The topological polar surface area (TPSA) is 100 Å². The number of hydrogen-bond donors (Lipinski definition) is 3. The molecule has 9 rings (SSSR count). The quantitative estimate of drug-likeness (QED) is 0.105. The minimum atomic E-state index is -0.703. The van der Waals surface area contributed by atoms with Crippen LogP contribution in [-0.2, 0) is 23.9 Å². The average Bonchev–Trinajstić information content (AvgIpc) is 3.95. The zero-order chi connectivity index (χ0) is 46.6. The van der Waals surface area contributed by atoms with Crippen LogP contribution in [0, 0.1) is 0 Å². The van der Waals surface area contributed by atoms with Crippen molar-refractivity contribution in [1.82, 2.24) is 19.4 Å². The second kappa shape index (κ2) is 22.9. The lowest BCUT2D eigenvalue weighted by atomic mass is 10.0. The highest BCUT2D eigenvalue weighted by molar-refractivity contribution is 7.85. The van der Waals surface area contributed by atoms with E-state index < -0.39 is 10.8 Å². The Bertz CT molecular complexity index is 2780. The summed E-state index contributed by atoms with van der Waals surface area (Å²) in [6.07, 6.45) is 6.88. The van der Waals surface area contributed by atoms with Gasteiger partial charge in [-0.05, 0) is 141 Å². The van der Waals surface area contributed by atoms with Gasteiger partial charge in [0.1, 0.15) is 0 Å². The highest BCUT2D eigenvalue weighted by atomic mass is 35.5. The summed E-state index contributed by atoms with van der Waals surface area (Å²) in [6, 6.07) is 43.3. The number of nitrogens with zero attached hydrogens (tertiary/aromatic N) is 3. The number of anilines is 2. The van der Waals surface area contributed by atoms with E-state index in [-0.39, 0.29) is 17.9 Å². The number of aromatic nitrogens is 2. The fourth-order valence-corrected chi connectivity index (χ4v) is 10.0. The van der Waals surface area contributed by atoms with Gasteiger partial charge < -0.3 is 20.9 Å². The van der Waals surface area contributed by atoms with E-state index in [4.69, 9.17) is 11.6 Å². The molecule has 0 radical (unpaired) electrons. The Morgan fingerprint density at radius 3 is 1.97 bits per heavy atom. The summed E-state index contributed by atoms with van der Waals surface area (Å²) >= 11 is 5.97. The third kappa shape index (κ3) is 11.7. The van der Waals surface area contributed by atoms with Crippen LogP contribution in [-0.4, -0.2) is 73.8 Å². The molecular weight excluding hydrogens is 860 g/mol. The fourth-order valence-electron chi connectivity index (χ4n) is 8.62. The number of nitrogens with one attached hydrogen (secondary N) is 3. The van der Waals surface area contributed by atoms with Crippen LogP contribution in [0.25, 0.3) is 44.3 Å². The molecule has 66 heavy (non-hydrogen) atoms. The lowest BCUT2D eigenvalue weighted by molar-refractivity contribution is 0.0967. The van der Waals surface area contributed by atoms with Crippen molar-refractivity contribution >= 4 is 67.4 Å². The van der Waals surface area contributed by atoms with Crippen molar-refractivity contribution in [1.29, 1.82) is 0 Å². The Kier molecular flexibility index (Phi) is 16.6. The molecule has 0 saturated carbocycles. The van der Waals surface area contributed by atoms with Crippen LogP contribution >= 0.6 is 11.6 Å². The molecule has 342 valence electrons. The van der Waals surface area contributed by atoms with Crippen LogP contribution in [0.1, 0.15) is 60.2 Å². The number of fused-ring (bicyclic) bond motifs is 2. The van der Waals surface area contributed by atoms with Gasteiger partial charge in [0.05, 0.1) is 22.4 Å². The van der Waals surface area contributed by atoms with Crippen molar-refractivity contribution in [2.75, 3.05) is 42.3 Å². The molecule has 0 atom stereocenters. The van der Waals surface area contributed by atoms with Crippen molar-refractivity contribution in [2.24, 2.45) is 0 Å². The number of piperidine rings is 1. The number of halogens is 1. The number of carbonyl (C=O) groups excluding carboxylic acids is 2. The van der Waals surface area contributed by atoms with Crippen LogP contribution in [0.5, 0.6) is 0 Å². The van der Waals surface area contributed by atoms with Crippen LogP contribution < -0.4 is 16.0 Å². The van der Waals surface area contributed by atoms with Crippen molar-refractivity contribution in [3.63, 3.8) is 0 Å². The number of carbonyl (C=O) groups is 2. The number of likely N-dealkylation sites (tertiary alicyclic amines) is 1. The summed E-state index contributed by atoms with van der Waals surface area (Å²) < 4.78 is 15.2. The molecule has 0 unspecified atom stereocenters. The first-order chi connectivity index (χ1) is 32.2. The second-order valence-electron chi connectivity index (χ2n) is 16.6. The second-order valence-corrected chi connectivity index (χ2v) is 18.7. The summed E-state index contributed by atoms with van der Waals surface area (Å²) in [4.78, 5) is 27.9. The maximum Gasteiger partial charge on any atom is 0.254 e. The molecule has 0 spiro atoms. The summed E-state index contributed by atoms with van der Waals surface area (Å²) in [5, 5.41) is 13.5. The Balaban J connectivity index is 0.000000195. The van der Waals surface area contributed by atoms with Crippen LogP contribution in [0.2, 0.25) is 5.02 Å². The van der Waals surface area contributed by atoms with E-state index in [2.05, 4.69) is 83.5 Å². The molecule has 11 heteroatoms. The maximum absolute atomic E-state index is 12.9. The first kappa shape index (κ1) is 47.9. The number of benzene rings is 5. The van der Waals surface area contributed by atoms with E-state index in [0.29, 0.717) is 17.6 Å². The number of rotatable bonds is 12. The largest absolute Gasteiger partial charge is 0.382 e. The van der Waals surface area contributed by atoms with Crippen molar-refractivity contribution in [3.05, 3.63) is 169 Å². The third-order valence-corrected chi connectivity index (χ3v) is 13.9. The molecule has 0 aliphatic carbocycles. The van der Waals surface area contributed by atoms with Crippen molar-refractivity contribution in [2.45, 2.75) is 64.7 Å². The normalized spacial score (nSPS) is 16.4. The van der Waals surface area contributed by atoms with Gasteiger partial charge in [0.25, 0.3) is 11.8 Å². The SMILES string of the molecule is C=CC(=O)n1c(-c2ccc(CNc3ccc(Cl)cc3)cc2)cc2c(NC3CCS(=O)CC3)cccc21.C=CC(=O)n1c(-c2ccccc2)cc2cc(CNC3CCN(C)CC3)ccc21.CC. The van der Waals surface area contributed by atoms with Crippen LogP contribution in [0.15, 0.2) is 153 Å². The zero-order valence-corrected chi connectivity index (χ0v) is 39.8. The van der Waals surface area contributed by atoms with Gasteiger partial charge >= 0.3 is 0 Å². The lowest BCUT2D eigenvalue weighted by Gasteiger charge is -2.29. The highest BCUT2D eigenvalue weighted by Crippen LogP contribution is 2.34. The minimum absolute atomic E-state index is 0.106. The van der Waals surface area contributed by atoms with Gasteiger partial charge in [0, 0.05) is 74.6 Å². The molecule has 3 N–H and O–H groups in total. The molecule has 2 aliphatic heterocycles. The summed E-state index contributed by atoms with van der Waals surface area (Å²) in [6.45, 7) is 15.2. The predicted molar refractivity (Wildman–Crippen MR) is 278 cm³/mol. The minimum Gasteiger partial charge on any atom is -0.382 e. The third-order valence-electron chi connectivity index (χ3n) is 12.2. The highest BCUT2D eigenvalue weighted by Gasteiger charge is 2.22. The average molecular weight is 922 g/mol. The monoisotopic (exact) mass is 920 g/mol. The van der Waals surface area contributed by atoms with E-state index in [0.717, 1.165) is 105 Å². The van der Waals surface area contributed by atoms with Gasteiger partial charge in [-0.1, -0.05) is 105 Å². The molecular formula is C55H61ClN6O3S. The molecule has 2 aliphatic rings. The van der Waals surface area contributed by atoms with E-state index in [1.54, 1.807) is 9.13 Å². The summed E-state index contributed by atoms with van der Waals surface area (Å²) in [5.74, 6) is 1.19. The standard InChI is InChI=1S/C29H28ClN3O2S.C24H27N3O.C2H6/c1-2-29(34)33-27-5-3-4-26(32-24-14-16-36(35)17-15-24)25(27)18-28(33)21-8-6-20(7-9-21)19-31-23-12-10-22(30)11-13-23;1-3-24(28)27-22-10-9-18(17-25-21-11-13-26(2)14-12-21)15-20(22)16-23(27)19-7-5-4-6-8-19;1-2/h2-13,18,24,31-32H,1,14-17,19H2;3-10,15-16,21,25H,1,11-14,17H2,2H3;1-2H3. The van der Waals surface area contributed by atoms with Gasteiger partial charge in [-0.15, -0.1) is 0 Å². The van der Waals surface area contributed by atoms with E-state index in [9.17, 15) is 13.8 Å². The summed E-state index contributed by atoms with van der Waals surface area (Å²) in [7, 11) is 1.48. The van der Waals surface area contributed by atoms with Crippen molar-refractivity contribution < 1.29 is 13.8 Å². The molecule has 0 bridgehead atoms. The van der Waals surface area contributed by atoms with Gasteiger partial charge in [-0.2, -0.15) is 0 Å². The molecule has 2 aromatic heterocycles. The molecule has 5 aromatic carbocycles. The molecule has 0 amide bonds. The van der Waals surface area contributed by atoms with Gasteiger partial charge in [0.15, 0.2) is 0 Å². The first-order valence-electron chi connectivity index (χ1n) is 23.0. The maximum atomic E-state index is 12.9. The van der Waals surface area contributed by atoms with Crippen LogP contribution in [0.4, 0.5) is 11.4 Å². The number of allylic oxidation sites excluding steroid dienone is 2. The zero-order valence-electron chi connectivity index (χ0n) is 38.3. The fraction of sp³-hybridized carbons (Fsp3) is 0.273. The van der Waals surface area contributed by atoms with E-state index >= 15 is 0 Å². The molecule has 9 nitrogen and oxygen atoms in total. The number of hydrogen-bond acceptors (Lipinski definition) is 7. The van der Waals surface area contributed by atoms with Gasteiger partial charge in [0.2, 0.25) is 0 Å². The Morgan fingerprint density at radius 1 is 0.682 bits per heavy atom. The molecule has 2 fully saturated rings. The van der Waals surface area contributed by atoms with Gasteiger partial charge in [-0.25, -0.2) is 0 Å². The first-order valence-corrected chi connectivity index (χ1v) is 24.8. The smallest absolute Gasteiger partial charge is 0.254 e. The predicted octanol–water partition coefficient (Wildman–Crippen LogP) is 12.1. The Hall–Kier alpha value is -6.04. The summed E-state index contributed by atoms with van der Waals surface area (Å²) in [5.41, 5.74) is 9.84. The van der Waals surface area contributed by atoms with E-state index in [1.807, 2.05) is 98.8 Å². The molecule has 4 heterocycles. The van der Waals surface area contributed by atoms with E-state index in [1.165, 1.54) is 30.6 Å². The van der Waals surface area contributed by atoms with Gasteiger partial charge in [-0.3, -0.25) is 22.9 Å². The molecule has 7 aromatic rings. The van der Waals surface area contributed by atoms with Crippen LogP contribution in [0.3, 0.4) is 0 Å². The Morgan fingerprint density at radius 2 is 1.30 bits per heavy atom. The van der Waals surface area contributed by atoms with Crippen molar-refractivity contribution in [3.8, 4) is 22.5 Å².